The van der Waals surface area contributed by atoms with E-state index in [1.807, 2.05) is 75.5 Å². The van der Waals surface area contributed by atoms with Crippen molar-refractivity contribution in [2.75, 3.05) is 0 Å². The molecule has 0 N–H and O–H groups in total. The maximum absolute atomic E-state index is 9.76. The summed E-state index contributed by atoms with van der Waals surface area (Å²) in [6.07, 6.45) is 7.01. The first-order chi connectivity index (χ1) is 14.3. The van der Waals surface area contributed by atoms with Crippen molar-refractivity contribution in [3.63, 3.8) is 0 Å². The van der Waals surface area contributed by atoms with Gasteiger partial charge in [-0.3, -0.25) is 9.78 Å². The van der Waals surface area contributed by atoms with Crippen LogP contribution >= 0.6 is 0 Å². The molecule has 1 aromatic heterocycles. The van der Waals surface area contributed by atoms with Crippen molar-refractivity contribution in [3.8, 4) is 11.1 Å². The standard InChI is InChI=1S/C16H17N.C8H8O2.C2H6/c1-3-6-16-10-9-15(12-17-16)14-8-5-7-13(4-2)11-14;9-7-10-6-8-4-2-1-3-5-8;1-2/h3,5-12H,4H2,1-2H3;1-5,7H,6H2;1-2H3/b6-3+;;. The molecule has 29 heavy (non-hydrogen) atoms. The Morgan fingerprint density at radius 3 is 2.21 bits per heavy atom. The number of nitrogens with zero attached hydrogens (tertiary/aromatic N) is 1. The number of aromatic nitrogens is 1. The predicted octanol–water partition coefficient (Wildman–Crippen LogP) is 6.73. The van der Waals surface area contributed by atoms with E-state index in [1.54, 1.807) is 0 Å². The molecule has 0 spiro atoms. The number of hydrogen-bond acceptors (Lipinski definition) is 3. The van der Waals surface area contributed by atoms with Crippen molar-refractivity contribution < 1.29 is 9.53 Å². The van der Waals surface area contributed by atoms with E-state index in [4.69, 9.17) is 0 Å². The van der Waals surface area contributed by atoms with Crippen LogP contribution in [0.1, 0.15) is 44.5 Å². The van der Waals surface area contributed by atoms with Crippen molar-refractivity contribution in [3.05, 3.63) is 95.8 Å². The summed E-state index contributed by atoms with van der Waals surface area (Å²) in [4.78, 5) is 14.2. The van der Waals surface area contributed by atoms with Gasteiger partial charge in [0.2, 0.25) is 0 Å². The second-order valence-corrected chi connectivity index (χ2v) is 5.92. The lowest BCUT2D eigenvalue weighted by atomic mass is 10.0. The van der Waals surface area contributed by atoms with Crippen LogP contribution in [0.4, 0.5) is 0 Å². The fourth-order valence-electron chi connectivity index (χ4n) is 2.52. The molecule has 2 aromatic carbocycles. The monoisotopic (exact) mass is 389 g/mol. The first-order valence-electron chi connectivity index (χ1n) is 10.0. The second-order valence-electron chi connectivity index (χ2n) is 5.92. The summed E-state index contributed by atoms with van der Waals surface area (Å²) in [7, 11) is 0. The number of allylic oxidation sites excluding steroid dienone is 1. The van der Waals surface area contributed by atoms with Crippen LogP contribution in [0.25, 0.3) is 17.2 Å². The molecule has 0 atom stereocenters. The van der Waals surface area contributed by atoms with Gasteiger partial charge >= 0.3 is 0 Å². The van der Waals surface area contributed by atoms with Crippen LogP contribution in [0.3, 0.4) is 0 Å². The summed E-state index contributed by atoms with van der Waals surface area (Å²) in [5.41, 5.74) is 5.79. The Morgan fingerprint density at radius 2 is 1.62 bits per heavy atom. The Balaban J connectivity index is 0.000000299. The molecule has 152 valence electrons. The zero-order valence-corrected chi connectivity index (χ0v) is 17.8. The van der Waals surface area contributed by atoms with Crippen molar-refractivity contribution in [1.82, 2.24) is 4.98 Å². The fraction of sp³-hybridized carbons (Fsp3) is 0.231. The molecule has 0 aliphatic carbocycles. The van der Waals surface area contributed by atoms with Crippen LogP contribution in [0.5, 0.6) is 0 Å². The maximum atomic E-state index is 9.76. The highest BCUT2D eigenvalue weighted by Crippen LogP contribution is 2.20. The van der Waals surface area contributed by atoms with Gasteiger partial charge in [0, 0.05) is 11.8 Å². The van der Waals surface area contributed by atoms with Crippen LogP contribution in [0, 0.1) is 0 Å². The summed E-state index contributed by atoms with van der Waals surface area (Å²) in [6.45, 7) is 8.99. The molecule has 3 nitrogen and oxygen atoms in total. The number of aryl methyl sites for hydroxylation is 1. The van der Waals surface area contributed by atoms with E-state index in [0.717, 1.165) is 17.7 Å². The van der Waals surface area contributed by atoms with Crippen molar-refractivity contribution >= 4 is 12.5 Å². The van der Waals surface area contributed by atoms with Gasteiger partial charge in [0.05, 0.1) is 5.69 Å². The average Bonchev–Trinajstić information content (AvgIpc) is 2.81. The van der Waals surface area contributed by atoms with Gasteiger partial charge in [-0.25, -0.2) is 0 Å². The van der Waals surface area contributed by atoms with Gasteiger partial charge in [0.1, 0.15) is 6.61 Å². The Morgan fingerprint density at radius 1 is 0.897 bits per heavy atom. The van der Waals surface area contributed by atoms with Gasteiger partial charge in [0.25, 0.3) is 6.47 Å². The predicted molar refractivity (Wildman–Crippen MR) is 122 cm³/mol. The number of rotatable bonds is 6. The van der Waals surface area contributed by atoms with Gasteiger partial charge in [-0.15, -0.1) is 0 Å². The molecule has 0 aliphatic rings. The SMILES string of the molecule is C/C=C/c1ccc(-c2cccc(CC)c2)cn1.CC.O=COCc1ccccc1. The van der Waals surface area contributed by atoms with Gasteiger partial charge in [-0.2, -0.15) is 0 Å². The molecule has 0 fully saturated rings. The molecule has 3 rings (SSSR count). The average molecular weight is 390 g/mol. The number of carbonyl (C=O) groups excluding carboxylic acids is 1. The maximum Gasteiger partial charge on any atom is 0.293 e. The highest BCUT2D eigenvalue weighted by molar-refractivity contribution is 5.64. The summed E-state index contributed by atoms with van der Waals surface area (Å²) >= 11 is 0. The molecule has 0 saturated heterocycles. The lowest BCUT2D eigenvalue weighted by Gasteiger charge is -2.04. The zero-order valence-electron chi connectivity index (χ0n) is 17.8. The van der Waals surface area contributed by atoms with E-state index in [0.29, 0.717) is 13.1 Å². The third kappa shape index (κ3) is 9.02. The summed E-state index contributed by atoms with van der Waals surface area (Å²) in [5.74, 6) is 0. The van der Waals surface area contributed by atoms with Gasteiger partial charge in [-0.1, -0.05) is 87.5 Å². The summed E-state index contributed by atoms with van der Waals surface area (Å²) in [6, 6.07) is 22.3. The smallest absolute Gasteiger partial charge is 0.293 e. The van der Waals surface area contributed by atoms with Crippen LogP contribution in [-0.4, -0.2) is 11.5 Å². The Bertz CT molecular complexity index is 840. The third-order valence-electron chi connectivity index (χ3n) is 3.95. The number of benzene rings is 2. The lowest BCUT2D eigenvalue weighted by Crippen LogP contribution is -1.88. The molecule has 0 bridgehead atoms. The molecule has 0 saturated carbocycles. The Labute approximate surface area is 175 Å². The van der Waals surface area contributed by atoms with Crippen LogP contribution < -0.4 is 0 Å². The van der Waals surface area contributed by atoms with Crippen LogP contribution in [-0.2, 0) is 22.6 Å². The Kier molecular flexibility index (Phi) is 12.2. The first kappa shape index (κ1) is 23.8. The zero-order chi connectivity index (χ0) is 21.3. The molecular weight excluding hydrogens is 358 g/mol. The summed E-state index contributed by atoms with van der Waals surface area (Å²) in [5, 5.41) is 0. The molecule has 0 aliphatic heterocycles. The highest BCUT2D eigenvalue weighted by Gasteiger charge is 1.99. The first-order valence-corrected chi connectivity index (χ1v) is 10.0. The third-order valence-corrected chi connectivity index (χ3v) is 3.95. The number of pyridine rings is 1. The van der Waals surface area contributed by atoms with E-state index in [-0.39, 0.29) is 0 Å². The van der Waals surface area contributed by atoms with Crippen molar-refractivity contribution in [2.24, 2.45) is 0 Å². The minimum absolute atomic E-state index is 0.365. The number of carbonyl (C=O) groups is 1. The topological polar surface area (TPSA) is 39.2 Å². The normalized spacial score (nSPS) is 9.66. The fourth-order valence-corrected chi connectivity index (χ4v) is 2.52. The van der Waals surface area contributed by atoms with Crippen molar-refractivity contribution in [1.29, 1.82) is 0 Å². The van der Waals surface area contributed by atoms with Crippen molar-refractivity contribution in [2.45, 2.75) is 40.7 Å². The molecule has 0 amide bonds. The molecular formula is C26H31NO2. The minimum atomic E-state index is 0.365. The van der Waals surface area contributed by atoms with E-state index >= 15 is 0 Å². The molecule has 0 radical (unpaired) electrons. The van der Waals surface area contributed by atoms with Crippen LogP contribution in [0.2, 0.25) is 0 Å². The molecule has 0 unspecified atom stereocenters. The number of hydrogen-bond donors (Lipinski definition) is 0. The highest BCUT2D eigenvalue weighted by atomic mass is 16.5. The lowest BCUT2D eigenvalue weighted by molar-refractivity contribution is -0.129. The van der Waals surface area contributed by atoms with Crippen LogP contribution in [0.15, 0.2) is 79.0 Å². The van der Waals surface area contributed by atoms with E-state index in [1.165, 1.54) is 16.7 Å². The van der Waals surface area contributed by atoms with E-state index in [9.17, 15) is 4.79 Å². The van der Waals surface area contributed by atoms with Gasteiger partial charge < -0.3 is 4.74 Å². The largest absolute Gasteiger partial charge is 0.463 e. The molecule has 1 heterocycles. The van der Waals surface area contributed by atoms with E-state index < -0.39 is 0 Å². The quantitative estimate of drug-likeness (QED) is 0.439. The summed E-state index contributed by atoms with van der Waals surface area (Å²) < 4.78 is 4.54. The Hall–Kier alpha value is -3.20. The molecule has 3 aromatic rings. The molecule has 3 heteroatoms. The van der Waals surface area contributed by atoms with E-state index in [2.05, 4.69) is 47.0 Å². The minimum Gasteiger partial charge on any atom is -0.463 e. The number of ether oxygens (including phenoxy) is 1. The van der Waals surface area contributed by atoms with Gasteiger partial charge in [0.15, 0.2) is 0 Å². The van der Waals surface area contributed by atoms with Gasteiger partial charge in [-0.05, 0) is 42.2 Å². The second kappa shape index (κ2) is 14.8.